The summed E-state index contributed by atoms with van der Waals surface area (Å²) >= 11 is 0. The van der Waals surface area contributed by atoms with Gasteiger partial charge in [0.25, 0.3) is 0 Å². The molecule has 0 aliphatic heterocycles. The molecular weight excluding hydrogens is 224 g/mol. The molecule has 0 heterocycles. The highest BCUT2D eigenvalue weighted by atomic mass is 16.7. The minimum Gasteiger partial charge on any atom is -0.479 e. The van der Waals surface area contributed by atoms with Crippen molar-refractivity contribution < 1.29 is 19.5 Å². The van der Waals surface area contributed by atoms with Gasteiger partial charge >= 0.3 is 5.97 Å². The lowest BCUT2D eigenvalue weighted by Gasteiger charge is -2.04. The molecule has 4 N–H and O–H groups in total. The quantitative estimate of drug-likeness (QED) is 0.489. The third kappa shape index (κ3) is 5.53. The molecule has 1 amide bonds. The van der Waals surface area contributed by atoms with Crippen LogP contribution in [-0.2, 0) is 20.8 Å². The number of rotatable bonds is 6. The summed E-state index contributed by atoms with van der Waals surface area (Å²) in [5.74, 6) is -1.49. The Balaban J connectivity index is 2.23. The van der Waals surface area contributed by atoms with E-state index in [1.54, 1.807) is 12.1 Å². The third-order valence-corrected chi connectivity index (χ3v) is 2.00. The average Bonchev–Trinajstić information content (AvgIpc) is 2.28. The molecule has 0 spiro atoms. The molecule has 0 bridgehead atoms. The first-order valence-corrected chi connectivity index (χ1v) is 5.05. The molecule has 0 atom stereocenters. The molecule has 1 aromatic rings. The van der Waals surface area contributed by atoms with Crippen LogP contribution in [0, 0.1) is 0 Å². The summed E-state index contributed by atoms with van der Waals surface area (Å²) in [5.41, 5.74) is 9.22. The molecular formula is C11H14N2O4. The summed E-state index contributed by atoms with van der Waals surface area (Å²) < 4.78 is 0. The molecule has 0 saturated heterocycles. The summed E-state index contributed by atoms with van der Waals surface area (Å²) in [6, 6.07) is 7.18. The third-order valence-electron chi connectivity index (χ3n) is 2.00. The number of anilines is 1. The normalized spacial score (nSPS) is 9.88. The van der Waals surface area contributed by atoms with Gasteiger partial charge in [0.15, 0.2) is 6.61 Å². The maximum Gasteiger partial charge on any atom is 0.332 e. The molecule has 92 valence electrons. The number of hydrogen-bond donors (Lipinski definition) is 3. The molecule has 0 radical (unpaired) electrons. The maximum absolute atomic E-state index is 11.2. The molecule has 6 nitrogen and oxygen atoms in total. The van der Waals surface area contributed by atoms with E-state index in [2.05, 4.69) is 10.3 Å². The van der Waals surface area contributed by atoms with Crippen molar-refractivity contribution in [3.8, 4) is 0 Å². The van der Waals surface area contributed by atoms with Gasteiger partial charge in [0, 0.05) is 12.1 Å². The van der Waals surface area contributed by atoms with Crippen LogP contribution in [0.5, 0.6) is 0 Å². The lowest BCUT2D eigenvalue weighted by atomic mass is 10.1. The Kier molecular flexibility index (Phi) is 4.96. The summed E-state index contributed by atoms with van der Waals surface area (Å²) in [6.45, 7) is -0.548. The number of carbonyl (C=O) groups is 2. The Bertz CT molecular complexity index is 389. The molecule has 0 saturated carbocycles. The highest BCUT2D eigenvalue weighted by molar-refractivity contribution is 5.75. The van der Waals surface area contributed by atoms with Gasteiger partial charge in [0.1, 0.15) is 0 Å². The van der Waals surface area contributed by atoms with Gasteiger partial charge in [0.05, 0.1) is 0 Å². The van der Waals surface area contributed by atoms with Gasteiger partial charge in [-0.2, -0.15) is 0 Å². The Morgan fingerprint density at radius 1 is 1.29 bits per heavy atom. The first kappa shape index (κ1) is 13.0. The van der Waals surface area contributed by atoms with Crippen LogP contribution in [0.2, 0.25) is 0 Å². The van der Waals surface area contributed by atoms with Crippen LogP contribution >= 0.6 is 0 Å². The first-order chi connectivity index (χ1) is 8.08. The number of carboxylic acid groups (broad SMARTS) is 1. The van der Waals surface area contributed by atoms with Crippen molar-refractivity contribution in [2.45, 2.75) is 12.8 Å². The zero-order chi connectivity index (χ0) is 12.7. The molecule has 6 heteroatoms. The lowest BCUT2D eigenvalue weighted by molar-refractivity contribution is -0.149. The fourth-order valence-electron chi connectivity index (χ4n) is 1.17. The van der Waals surface area contributed by atoms with Crippen LogP contribution < -0.4 is 11.2 Å². The second-order valence-corrected chi connectivity index (χ2v) is 3.45. The van der Waals surface area contributed by atoms with Gasteiger partial charge in [-0.25, -0.2) is 10.3 Å². The summed E-state index contributed by atoms with van der Waals surface area (Å²) in [7, 11) is 0. The van der Waals surface area contributed by atoms with E-state index in [0.29, 0.717) is 12.1 Å². The molecule has 1 aromatic carbocycles. The number of amides is 1. The highest BCUT2D eigenvalue weighted by Gasteiger charge is 2.03. The number of nitrogens with two attached hydrogens (primary N) is 1. The van der Waals surface area contributed by atoms with Gasteiger partial charge in [0.2, 0.25) is 5.91 Å². The number of benzene rings is 1. The van der Waals surface area contributed by atoms with Crippen molar-refractivity contribution in [1.82, 2.24) is 5.48 Å². The van der Waals surface area contributed by atoms with Crippen LogP contribution in [0.3, 0.4) is 0 Å². The van der Waals surface area contributed by atoms with Crippen molar-refractivity contribution in [3.05, 3.63) is 29.8 Å². The van der Waals surface area contributed by atoms with Crippen molar-refractivity contribution in [3.63, 3.8) is 0 Å². The first-order valence-electron chi connectivity index (χ1n) is 5.05. The number of hydrogen-bond acceptors (Lipinski definition) is 4. The topological polar surface area (TPSA) is 102 Å². The molecule has 1 rings (SSSR count). The van der Waals surface area contributed by atoms with Crippen LogP contribution in [-0.4, -0.2) is 23.6 Å². The molecule has 17 heavy (non-hydrogen) atoms. The smallest absolute Gasteiger partial charge is 0.332 e. The average molecular weight is 238 g/mol. The summed E-state index contributed by atoms with van der Waals surface area (Å²) in [5, 5.41) is 8.27. The van der Waals surface area contributed by atoms with Crippen LogP contribution in [0.25, 0.3) is 0 Å². The number of aryl methyl sites for hydroxylation is 1. The highest BCUT2D eigenvalue weighted by Crippen LogP contribution is 2.07. The minimum atomic E-state index is -1.14. The zero-order valence-corrected chi connectivity index (χ0v) is 9.18. The van der Waals surface area contributed by atoms with Crippen LogP contribution in [0.1, 0.15) is 12.0 Å². The maximum atomic E-state index is 11.2. The minimum absolute atomic E-state index is 0.226. The van der Waals surface area contributed by atoms with Crippen molar-refractivity contribution in [1.29, 1.82) is 0 Å². The van der Waals surface area contributed by atoms with E-state index in [-0.39, 0.29) is 12.3 Å². The van der Waals surface area contributed by atoms with Gasteiger partial charge < -0.3 is 10.8 Å². The fourth-order valence-corrected chi connectivity index (χ4v) is 1.17. The van der Waals surface area contributed by atoms with Gasteiger partial charge in [-0.3, -0.25) is 9.63 Å². The van der Waals surface area contributed by atoms with Gasteiger partial charge in [-0.15, -0.1) is 0 Å². The number of nitrogen functional groups attached to an aromatic ring is 1. The largest absolute Gasteiger partial charge is 0.479 e. The Morgan fingerprint density at radius 3 is 2.53 bits per heavy atom. The SMILES string of the molecule is Nc1ccc(CCC(=O)NOCC(=O)O)cc1. The van der Waals surface area contributed by atoms with E-state index in [9.17, 15) is 9.59 Å². The van der Waals surface area contributed by atoms with E-state index >= 15 is 0 Å². The zero-order valence-electron chi connectivity index (χ0n) is 9.18. The number of carbonyl (C=O) groups excluding carboxylic acids is 1. The second kappa shape index (κ2) is 6.49. The van der Waals surface area contributed by atoms with Crippen molar-refractivity contribution >= 4 is 17.6 Å². The number of hydroxylamine groups is 1. The van der Waals surface area contributed by atoms with Gasteiger partial charge in [-0.05, 0) is 24.1 Å². The Labute approximate surface area is 98.3 Å². The second-order valence-electron chi connectivity index (χ2n) is 3.45. The number of aliphatic carboxylic acids is 1. The van der Waals surface area contributed by atoms with E-state index in [4.69, 9.17) is 10.8 Å². The molecule has 0 aliphatic carbocycles. The predicted octanol–water partition coefficient (Wildman–Crippen LogP) is 0.334. The predicted molar refractivity (Wildman–Crippen MR) is 60.9 cm³/mol. The van der Waals surface area contributed by atoms with Crippen molar-refractivity contribution in [2.75, 3.05) is 12.3 Å². The Morgan fingerprint density at radius 2 is 1.94 bits per heavy atom. The summed E-state index contributed by atoms with van der Waals surface area (Å²) in [6.07, 6.45) is 0.770. The van der Waals surface area contributed by atoms with Crippen molar-refractivity contribution in [2.24, 2.45) is 0 Å². The van der Waals surface area contributed by atoms with E-state index in [1.807, 2.05) is 12.1 Å². The standard InChI is InChI=1S/C11H14N2O4/c12-9-4-1-8(2-5-9)3-6-10(14)13-17-7-11(15)16/h1-2,4-5H,3,6-7,12H2,(H,13,14)(H,15,16). The van der Waals surface area contributed by atoms with E-state index in [1.165, 1.54) is 0 Å². The fraction of sp³-hybridized carbons (Fsp3) is 0.273. The molecule has 0 aromatic heterocycles. The van der Waals surface area contributed by atoms with E-state index < -0.39 is 12.6 Å². The van der Waals surface area contributed by atoms with E-state index in [0.717, 1.165) is 5.56 Å². The molecule has 0 aliphatic rings. The summed E-state index contributed by atoms with van der Waals surface area (Å²) in [4.78, 5) is 25.8. The molecule has 0 unspecified atom stereocenters. The van der Waals surface area contributed by atoms with Crippen LogP contribution in [0.4, 0.5) is 5.69 Å². The number of carboxylic acids is 1. The lowest BCUT2D eigenvalue weighted by Crippen LogP contribution is -2.26. The Hall–Kier alpha value is -2.08. The molecule has 0 fully saturated rings. The monoisotopic (exact) mass is 238 g/mol. The van der Waals surface area contributed by atoms with Crippen LogP contribution in [0.15, 0.2) is 24.3 Å². The number of nitrogens with one attached hydrogen (secondary N) is 1. The van der Waals surface area contributed by atoms with Gasteiger partial charge in [-0.1, -0.05) is 12.1 Å².